The van der Waals surface area contributed by atoms with Gasteiger partial charge in [0.2, 0.25) is 0 Å². The van der Waals surface area contributed by atoms with E-state index < -0.39 is 0 Å². The fraction of sp³-hybridized carbons (Fsp3) is 0.286. The van der Waals surface area contributed by atoms with Crippen molar-refractivity contribution < 1.29 is 0 Å². The summed E-state index contributed by atoms with van der Waals surface area (Å²) in [5.41, 5.74) is 10.3. The maximum absolute atomic E-state index is 5.63. The second-order valence-electron chi connectivity index (χ2n) is 2.46. The van der Waals surface area contributed by atoms with E-state index in [0.717, 1.165) is 0 Å². The summed E-state index contributed by atoms with van der Waals surface area (Å²) < 4.78 is 0. The van der Waals surface area contributed by atoms with Gasteiger partial charge in [-0.3, -0.25) is 9.98 Å². The van der Waals surface area contributed by atoms with Crippen molar-refractivity contribution in [3.8, 4) is 0 Å². The third-order valence-corrected chi connectivity index (χ3v) is 1.50. The zero-order chi connectivity index (χ0) is 10.4. The lowest BCUT2D eigenvalue weighted by Crippen LogP contribution is -2.24. The monoisotopic (exact) mass is 214 g/mol. The zero-order valence-corrected chi connectivity index (χ0v) is 8.20. The minimum absolute atomic E-state index is 0.0731. The number of nitrogens with zero attached hydrogens (tertiary/aromatic N) is 3. The molecule has 0 aliphatic carbocycles. The van der Waals surface area contributed by atoms with Crippen LogP contribution in [0.2, 0.25) is 5.15 Å². The number of halogens is 1. The lowest BCUT2D eigenvalue weighted by Gasteiger charge is -2.02. The van der Waals surface area contributed by atoms with Gasteiger partial charge in [0.15, 0.2) is 5.96 Å². The number of nitrogens with two attached hydrogens (primary N) is 2. The van der Waals surface area contributed by atoms with Crippen molar-refractivity contribution in [3.63, 3.8) is 0 Å². The van der Waals surface area contributed by atoms with Crippen LogP contribution >= 0.6 is 11.6 Å². The molecule has 0 amide bonds. The summed E-state index contributed by atoms with van der Waals surface area (Å²) in [6, 6.07) is 0. The molecule has 76 valence electrons. The van der Waals surface area contributed by atoms with Crippen LogP contribution in [-0.2, 0) is 0 Å². The Bertz CT molecular complexity index is 322. The maximum atomic E-state index is 5.63. The Morgan fingerprint density at radius 2 is 2.29 bits per heavy atom. The summed E-state index contributed by atoms with van der Waals surface area (Å²) >= 11 is 5.63. The molecule has 0 saturated heterocycles. The number of anilines is 1. The molecule has 0 radical (unpaired) electrons. The lowest BCUT2D eigenvalue weighted by atomic mass is 10.6. The molecule has 6 nitrogen and oxygen atoms in total. The van der Waals surface area contributed by atoms with E-state index in [9.17, 15) is 0 Å². The Balaban J connectivity index is 2.35. The molecule has 0 unspecified atom stereocenters. The molecule has 0 aromatic carbocycles. The van der Waals surface area contributed by atoms with Crippen LogP contribution in [0, 0.1) is 0 Å². The summed E-state index contributed by atoms with van der Waals surface area (Å²) in [5, 5.41) is 3.31. The molecule has 7 heteroatoms. The van der Waals surface area contributed by atoms with Crippen molar-refractivity contribution in [2.24, 2.45) is 16.5 Å². The van der Waals surface area contributed by atoms with E-state index in [1.807, 2.05) is 0 Å². The number of aromatic nitrogens is 2. The van der Waals surface area contributed by atoms with Crippen LogP contribution in [0.3, 0.4) is 0 Å². The fourth-order valence-corrected chi connectivity index (χ4v) is 0.944. The van der Waals surface area contributed by atoms with Gasteiger partial charge in [-0.25, -0.2) is 4.98 Å². The molecular weight excluding hydrogens is 204 g/mol. The van der Waals surface area contributed by atoms with Gasteiger partial charge in [-0.1, -0.05) is 11.6 Å². The van der Waals surface area contributed by atoms with Crippen LogP contribution in [0.5, 0.6) is 0 Å². The molecule has 1 aromatic rings. The van der Waals surface area contributed by atoms with E-state index in [-0.39, 0.29) is 5.96 Å². The first-order chi connectivity index (χ1) is 6.68. The van der Waals surface area contributed by atoms with Gasteiger partial charge in [0.1, 0.15) is 11.0 Å². The lowest BCUT2D eigenvalue weighted by molar-refractivity contribution is 0.997. The Morgan fingerprint density at radius 3 is 2.93 bits per heavy atom. The molecular formula is C7H11ClN6. The molecule has 0 spiro atoms. The smallest absolute Gasteiger partial charge is 0.185 e. The molecule has 0 aliphatic rings. The summed E-state index contributed by atoms with van der Waals surface area (Å²) in [7, 11) is 0. The third kappa shape index (κ3) is 3.90. The van der Waals surface area contributed by atoms with Crippen LogP contribution in [0.15, 0.2) is 17.4 Å². The van der Waals surface area contributed by atoms with E-state index in [1.165, 1.54) is 6.20 Å². The molecule has 1 heterocycles. The topological polar surface area (TPSA) is 102 Å². The van der Waals surface area contributed by atoms with Gasteiger partial charge >= 0.3 is 0 Å². The van der Waals surface area contributed by atoms with Gasteiger partial charge in [-0.05, 0) is 0 Å². The minimum atomic E-state index is 0.0731. The van der Waals surface area contributed by atoms with Crippen molar-refractivity contribution in [1.29, 1.82) is 0 Å². The van der Waals surface area contributed by atoms with Crippen LogP contribution in [-0.4, -0.2) is 29.0 Å². The molecule has 5 N–H and O–H groups in total. The molecule has 14 heavy (non-hydrogen) atoms. The van der Waals surface area contributed by atoms with Crippen LogP contribution in [0.4, 0.5) is 5.82 Å². The first-order valence-electron chi connectivity index (χ1n) is 3.95. The number of nitrogens with one attached hydrogen (secondary N) is 1. The predicted octanol–water partition coefficient (Wildman–Crippen LogP) is -0.185. The van der Waals surface area contributed by atoms with Crippen molar-refractivity contribution in [1.82, 2.24) is 9.97 Å². The minimum Gasteiger partial charge on any atom is -0.370 e. The van der Waals surface area contributed by atoms with Gasteiger partial charge in [0.05, 0.1) is 18.9 Å². The van der Waals surface area contributed by atoms with Crippen molar-refractivity contribution in [2.45, 2.75) is 0 Å². The first-order valence-corrected chi connectivity index (χ1v) is 4.33. The Labute approximate surface area is 86.4 Å². The SMILES string of the molecule is NC(N)=NCCNc1cncc(Cl)n1. The van der Waals surface area contributed by atoms with Crippen LogP contribution < -0.4 is 16.8 Å². The van der Waals surface area contributed by atoms with E-state index in [4.69, 9.17) is 23.1 Å². The highest BCUT2D eigenvalue weighted by molar-refractivity contribution is 6.29. The van der Waals surface area contributed by atoms with Gasteiger partial charge < -0.3 is 16.8 Å². The van der Waals surface area contributed by atoms with Gasteiger partial charge in [0, 0.05) is 6.54 Å². The van der Waals surface area contributed by atoms with E-state index in [2.05, 4.69) is 20.3 Å². The predicted molar refractivity (Wildman–Crippen MR) is 56.2 cm³/mol. The standard InChI is InChI=1S/C7H11ClN6/c8-5-3-11-4-6(14-5)12-1-2-13-7(9)10/h3-4H,1-2H2,(H,12,14)(H4,9,10,13). The maximum Gasteiger partial charge on any atom is 0.185 e. The quantitative estimate of drug-likeness (QED) is 0.367. The van der Waals surface area contributed by atoms with E-state index >= 15 is 0 Å². The summed E-state index contributed by atoms with van der Waals surface area (Å²) in [6.45, 7) is 1.06. The van der Waals surface area contributed by atoms with Crippen LogP contribution in [0.25, 0.3) is 0 Å². The number of aliphatic imine (C=N–C) groups is 1. The molecule has 0 aliphatic heterocycles. The Hall–Kier alpha value is -1.56. The highest BCUT2D eigenvalue weighted by Gasteiger charge is 1.94. The number of guanidine groups is 1. The summed E-state index contributed by atoms with van der Waals surface area (Å²) in [6.07, 6.45) is 3.03. The highest BCUT2D eigenvalue weighted by atomic mass is 35.5. The van der Waals surface area contributed by atoms with Crippen molar-refractivity contribution in [3.05, 3.63) is 17.5 Å². The average molecular weight is 215 g/mol. The average Bonchev–Trinajstić information content (AvgIpc) is 2.12. The molecule has 0 fully saturated rings. The zero-order valence-electron chi connectivity index (χ0n) is 7.44. The Kier molecular flexibility index (Phi) is 3.93. The number of hydrogen-bond donors (Lipinski definition) is 3. The molecule has 0 bridgehead atoms. The van der Waals surface area contributed by atoms with E-state index in [1.54, 1.807) is 6.20 Å². The third-order valence-electron chi connectivity index (χ3n) is 1.32. The molecule has 0 saturated carbocycles. The first kappa shape index (κ1) is 10.5. The van der Waals surface area contributed by atoms with Crippen LogP contribution in [0.1, 0.15) is 0 Å². The fourth-order valence-electron chi connectivity index (χ4n) is 0.796. The van der Waals surface area contributed by atoms with Crippen molar-refractivity contribution in [2.75, 3.05) is 18.4 Å². The molecule has 1 rings (SSSR count). The summed E-state index contributed by atoms with van der Waals surface area (Å²) in [5.74, 6) is 0.673. The van der Waals surface area contributed by atoms with Gasteiger partial charge in [-0.2, -0.15) is 0 Å². The second-order valence-corrected chi connectivity index (χ2v) is 2.85. The number of hydrogen-bond acceptors (Lipinski definition) is 4. The second kappa shape index (κ2) is 5.23. The Morgan fingerprint density at radius 1 is 1.50 bits per heavy atom. The normalized spacial score (nSPS) is 9.50. The van der Waals surface area contributed by atoms with Crippen molar-refractivity contribution >= 4 is 23.4 Å². The summed E-state index contributed by atoms with van der Waals surface area (Å²) in [4.78, 5) is 11.6. The van der Waals surface area contributed by atoms with Gasteiger partial charge in [0.25, 0.3) is 0 Å². The molecule has 1 aromatic heterocycles. The number of rotatable bonds is 4. The molecule has 0 atom stereocenters. The highest BCUT2D eigenvalue weighted by Crippen LogP contribution is 2.05. The largest absolute Gasteiger partial charge is 0.370 e. The van der Waals surface area contributed by atoms with Gasteiger partial charge in [-0.15, -0.1) is 0 Å². The van der Waals surface area contributed by atoms with E-state index in [0.29, 0.717) is 24.1 Å².